The molecular formula is C20H33N3O4S. The molecule has 8 heteroatoms. The zero-order valence-electron chi connectivity index (χ0n) is 17.3. The summed E-state index contributed by atoms with van der Waals surface area (Å²) in [5, 5.41) is 2.51. The van der Waals surface area contributed by atoms with Gasteiger partial charge in [-0.2, -0.15) is 0 Å². The van der Waals surface area contributed by atoms with Gasteiger partial charge in [0.15, 0.2) is 0 Å². The molecule has 1 amide bonds. The number of nitrogens with zero attached hydrogens (tertiary/aromatic N) is 1. The summed E-state index contributed by atoms with van der Waals surface area (Å²) in [5.41, 5.74) is 0.735. The van der Waals surface area contributed by atoms with Crippen molar-refractivity contribution in [3.63, 3.8) is 0 Å². The third kappa shape index (κ3) is 6.46. The van der Waals surface area contributed by atoms with Crippen molar-refractivity contribution >= 4 is 21.6 Å². The molecule has 1 aromatic carbocycles. The summed E-state index contributed by atoms with van der Waals surface area (Å²) in [7, 11) is -3.26. The minimum Gasteiger partial charge on any atom is -0.494 e. The summed E-state index contributed by atoms with van der Waals surface area (Å²) < 4.78 is 32.1. The van der Waals surface area contributed by atoms with Crippen molar-refractivity contribution in [3.05, 3.63) is 24.3 Å². The van der Waals surface area contributed by atoms with Gasteiger partial charge in [-0.1, -0.05) is 0 Å². The second-order valence-electron chi connectivity index (χ2n) is 7.57. The van der Waals surface area contributed by atoms with Gasteiger partial charge in [0.1, 0.15) is 5.75 Å². The van der Waals surface area contributed by atoms with Crippen LogP contribution >= 0.6 is 0 Å². The minimum atomic E-state index is -3.26. The first kappa shape index (κ1) is 22.6. The Hall–Kier alpha value is -1.64. The SMILES string of the molecule is CCOc1ccc(NC(=O)C(C)N2CCCC(CNS(=O)(=O)C(C)C)C2)cc1. The van der Waals surface area contributed by atoms with E-state index in [2.05, 4.69) is 14.9 Å². The van der Waals surface area contributed by atoms with Gasteiger partial charge in [0, 0.05) is 18.8 Å². The normalized spacial score (nSPS) is 19.4. The molecule has 7 nitrogen and oxygen atoms in total. The molecule has 0 spiro atoms. The van der Waals surface area contributed by atoms with E-state index in [1.807, 2.05) is 38.1 Å². The van der Waals surface area contributed by atoms with Gasteiger partial charge < -0.3 is 10.1 Å². The molecule has 28 heavy (non-hydrogen) atoms. The molecule has 0 radical (unpaired) electrons. The lowest BCUT2D eigenvalue weighted by atomic mass is 9.97. The smallest absolute Gasteiger partial charge is 0.241 e. The van der Waals surface area contributed by atoms with E-state index in [1.165, 1.54) is 0 Å². The summed E-state index contributed by atoms with van der Waals surface area (Å²) in [4.78, 5) is 14.8. The number of carbonyl (C=O) groups is 1. The molecule has 2 rings (SSSR count). The fraction of sp³-hybridized carbons (Fsp3) is 0.650. The van der Waals surface area contributed by atoms with Crippen molar-refractivity contribution in [3.8, 4) is 5.75 Å². The number of piperidine rings is 1. The van der Waals surface area contributed by atoms with Crippen LogP contribution in [0.4, 0.5) is 5.69 Å². The zero-order chi connectivity index (χ0) is 20.7. The van der Waals surface area contributed by atoms with Crippen molar-refractivity contribution in [2.45, 2.75) is 51.8 Å². The van der Waals surface area contributed by atoms with E-state index in [-0.39, 0.29) is 17.9 Å². The number of hydrogen-bond acceptors (Lipinski definition) is 5. The first-order valence-electron chi connectivity index (χ1n) is 9.99. The fourth-order valence-electron chi connectivity index (χ4n) is 3.23. The molecule has 1 aromatic rings. The van der Waals surface area contributed by atoms with Crippen LogP contribution in [-0.2, 0) is 14.8 Å². The Balaban J connectivity index is 1.88. The Morgan fingerprint density at radius 3 is 2.54 bits per heavy atom. The summed E-state index contributed by atoms with van der Waals surface area (Å²) in [6.45, 7) is 9.73. The maximum Gasteiger partial charge on any atom is 0.241 e. The molecule has 1 aliphatic rings. The summed E-state index contributed by atoms with van der Waals surface area (Å²) in [6.07, 6.45) is 1.92. The Labute approximate surface area is 168 Å². The second kappa shape index (κ2) is 10.2. The first-order valence-corrected chi connectivity index (χ1v) is 11.5. The van der Waals surface area contributed by atoms with Crippen LogP contribution in [0, 0.1) is 5.92 Å². The van der Waals surface area contributed by atoms with Crippen LogP contribution in [0.5, 0.6) is 5.75 Å². The highest BCUT2D eigenvalue weighted by Crippen LogP contribution is 2.20. The van der Waals surface area contributed by atoms with E-state index in [1.54, 1.807) is 13.8 Å². The van der Waals surface area contributed by atoms with Gasteiger partial charge in [-0.05, 0) is 77.3 Å². The third-order valence-electron chi connectivity index (χ3n) is 5.10. The fourth-order valence-corrected chi connectivity index (χ4v) is 4.03. The summed E-state index contributed by atoms with van der Waals surface area (Å²) >= 11 is 0. The monoisotopic (exact) mass is 411 g/mol. The number of carbonyl (C=O) groups excluding carboxylic acids is 1. The molecule has 1 heterocycles. The standard InChI is InChI=1S/C20H33N3O4S/c1-5-27-19-10-8-18(9-11-19)22-20(24)16(4)23-12-6-7-17(14-23)13-21-28(25,26)15(2)3/h8-11,15-17,21H,5-7,12-14H2,1-4H3,(H,22,24). The van der Waals surface area contributed by atoms with Crippen LogP contribution in [0.2, 0.25) is 0 Å². The topological polar surface area (TPSA) is 87.7 Å². The lowest BCUT2D eigenvalue weighted by Gasteiger charge is -2.36. The number of benzene rings is 1. The number of ether oxygens (including phenoxy) is 1. The van der Waals surface area contributed by atoms with Crippen LogP contribution in [0.3, 0.4) is 0 Å². The lowest BCUT2D eigenvalue weighted by molar-refractivity contribution is -0.121. The van der Waals surface area contributed by atoms with Crippen molar-refractivity contribution in [1.82, 2.24) is 9.62 Å². The zero-order valence-corrected chi connectivity index (χ0v) is 18.1. The van der Waals surface area contributed by atoms with Crippen LogP contribution in [0.1, 0.15) is 40.5 Å². The molecule has 158 valence electrons. The number of likely N-dealkylation sites (tertiary alicyclic amines) is 1. The molecule has 1 fully saturated rings. The number of anilines is 1. The van der Waals surface area contributed by atoms with Crippen LogP contribution < -0.4 is 14.8 Å². The Morgan fingerprint density at radius 1 is 1.25 bits per heavy atom. The van der Waals surface area contributed by atoms with E-state index < -0.39 is 15.3 Å². The van der Waals surface area contributed by atoms with E-state index in [0.717, 1.165) is 30.8 Å². The predicted molar refractivity (Wildman–Crippen MR) is 112 cm³/mol. The highest BCUT2D eigenvalue weighted by Gasteiger charge is 2.28. The average Bonchev–Trinajstić information content (AvgIpc) is 2.67. The van der Waals surface area contributed by atoms with Gasteiger partial charge in [0.25, 0.3) is 0 Å². The second-order valence-corrected chi connectivity index (χ2v) is 9.89. The lowest BCUT2D eigenvalue weighted by Crippen LogP contribution is -2.49. The maximum absolute atomic E-state index is 12.6. The Bertz CT molecular complexity index is 734. The summed E-state index contributed by atoms with van der Waals surface area (Å²) in [5.74, 6) is 0.923. The van der Waals surface area contributed by atoms with Crippen molar-refractivity contribution in [2.24, 2.45) is 5.92 Å². The van der Waals surface area contributed by atoms with Crippen LogP contribution in [-0.4, -0.2) is 56.8 Å². The van der Waals surface area contributed by atoms with Crippen molar-refractivity contribution in [1.29, 1.82) is 0 Å². The Kier molecular flexibility index (Phi) is 8.27. The van der Waals surface area contributed by atoms with Gasteiger partial charge in [-0.25, -0.2) is 13.1 Å². The highest BCUT2D eigenvalue weighted by atomic mass is 32.2. The number of nitrogens with one attached hydrogen (secondary N) is 2. The molecule has 2 atom stereocenters. The quantitative estimate of drug-likeness (QED) is 0.652. The van der Waals surface area contributed by atoms with Gasteiger partial charge in [-0.3, -0.25) is 9.69 Å². The third-order valence-corrected chi connectivity index (χ3v) is 6.91. The number of rotatable bonds is 9. The number of hydrogen-bond donors (Lipinski definition) is 2. The molecule has 0 saturated carbocycles. The largest absolute Gasteiger partial charge is 0.494 e. The van der Waals surface area contributed by atoms with Crippen LogP contribution in [0.15, 0.2) is 24.3 Å². The highest BCUT2D eigenvalue weighted by molar-refractivity contribution is 7.90. The molecule has 0 bridgehead atoms. The molecule has 1 aliphatic heterocycles. The molecular weight excluding hydrogens is 378 g/mol. The van der Waals surface area contributed by atoms with E-state index in [0.29, 0.717) is 19.7 Å². The van der Waals surface area contributed by atoms with Gasteiger partial charge >= 0.3 is 0 Å². The van der Waals surface area contributed by atoms with Crippen molar-refractivity contribution in [2.75, 3.05) is 31.6 Å². The van der Waals surface area contributed by atoms with Crippen molar-refractivity contribution < 1.29 is 17.9 Å². The Morgan fingerprint density at radius 2 is 1.93 bits per heavy atom. The van der Waals surface area contributed by atoms with E-state index in [9.17, 15) is 13.2 Å². The van der Waals surface area contributed by atoms with Gasteiger partial charge in [0.2, 0.25) is 15.9 Å². The van der Waals surface area contributed by atoms with Gasteiger partial charge in [-0.15, -0.1) is 0 Å². The average molecular weight is 412 g/mol. The van der Waals surface area contributed by atoms with Crippen LogP contribution in [0.25, 0.3) is 0 Å². The first-order chi connectivity index (χ1) is 13.2. The number of amides is 1. The molecule has 1 saturated heterocycles. The number of sulfonamides is 1. The molecule has 2 unspecified atom stereocenters. The minimum absolute atomic E-state index is 0.0624. The summed E-state index contributed by atoms with van der Waals surface area (Å²) in [6, 6.07) is 7.05. The predicted octanol–water partition coefficient (Wildman–Crippen LogP) is 2.45. The molecule has 0 aromatic heterocycles. The van der Waals surface area contributed by atoms with E-state index in [4.69, 9.17) is 4.74 Å². The van der Waals surface area contributed by atoms with E-state index >= 15 is 0 Å². The molecule has 0 aliphatic carbocycles. The maximum atomic E-state index is 12.6. The molecule has 2 N–H and O–H groups in total. The van der Waals surface area contributed by atoms with Gasteiger partial charge in [0.05, 0.1) is 17.9 Å².